The Labute approximate surface area is 175 Å². The molecule has 0 bridgehead atoms. The number of carboxylic acids is 1. The first-order valence-electron chi connectivity index (χ1n) is 9.88. The van der Waals surface area contributed by atoms with Crippen LogP contribution in [0.25, 0.3) is 0 Å². The van der Waals surface area contributed by atoms with E-state index in [-0.39, 0.29) is 11.9 Å². The third-order valence-electron chi connectivity index (χ3n) is 5.24. The lowest BCUT2D eigenvalue weighted by Crippen LogP contribution is -2.39. The summed E-state index contributed by atoms with van der Waals surface area (Å²) >= 11 is 0. The van der Waals surface area contributed by atoms with Crippen molar-refractivity contribution in [1.82, 2.24) is 30.8 Å². The molecule has 168 valence electrons. The van der Waals surface area contributed by atoms with Crippen molar-refractivity contribution in [3.63, 3.8) is 0 Å². The lowest BCUT2D eigenvalue weighted by Gasteiger charge is -2.23. The zero-order chi connectivity index (χ0) is 22.4. The molecule has 31 heavy (non-hydrogen) atoms. The number of aliphatic carboxylic acids is 1. The van der Waals surface area contributed by atoms with Gasteiger partial charge in [0.2, 0.25) is 0 Å². The second kappa shape index (κ2) is 9.86. The maximum Gasteiger partial charge on any atom is 0.490 e. The van der Waals surface area contributed by atoms with E-state index in [1.54, 1.807) is 12.4 Å². The van der Waals surface area contributed by atoms with Gasteiger partial charge in [-0.3, -0.25) is 9.89 Å². The predicted molar refractivity (Wildman–Crippen MR) is 102 cm³/mol. The Morgan fingerprint density at radius 3 is 2.35 bits per heavy atom. The van der Waals surface area contributed by atoms with Crippen LogP contribution in [-0.2, 0) is 17.6 Å². The van der Waals surface area contributed by atoms with E-state index in [4.69, 9.17) is 9.90 Å². The number of H-pyrrole nitrogens is 1. The lowest BCUT2D eigenvalue weighted by atomic mass is 9.93. The fraction of sp³-hybridized carbons (Fsp3) is 0.526. The minimum atomic E-state index is -5.08. The highest BCUT2D eigenvalue weighted by molar-refractivity contribution is 5.93. The zero-order valence-electron chi connectivity index (χ0n) is 16.6. The first-order valence-corrected chi connectivity index (χ1v) is 9.88. The first-order chi connectivity index (χ1) is 14.7. The Morgan fingerprint density at radius 2 is 1.74 bits per heavy atom. The summed E-state index contributed by atoms with van der Waals surface area (Å²) in [6.07, 6.45) is 4.90. The molecule has 1 saturated heterocycles. The maximum atomic E-state index is 12.4. The summed E-state index contributed by atoms with van der Waals surface area (Å²) < 4.78 is 31.7. The topological polar surface area (TPSA) is 133 Å². The number of carbonyl (C=O) groups excluding carboxylic acids is 1. The first kappa shape index (κ1) is 22.7. The Balaban J connectivity index is 0.000000339. The van der Waals surface area contributed by atoms with Gasteiger partial charge in [-0.25, -0.2) is 14.8 Å². The van der Waals surface area contributed by atoms with Crippen molar-refractivity contribution in [2.75, 3.05) is 13.1 Å². The minimum absolute atomic E-state index is 0.0974. The van der Waals surface area contributed by atoms with Gasteiger partial charge in [0.05, 0.1) is 11.8 Å². The summed E-state index contributed by atoms with van der Waals surface area (Å²) in [4.78, 5) is 30.2. The van der Waals surface area contributed by atoms with Gasteiger partial charge in [-0.1, -0.05) is 0 Å². The number of aromatic amines is 1. The number of nitrogens with zero attached hydrogens (tertiary/aromatic N) is 3. The molecule has 2 aromatic rings. The third-order valence-corrected chi connectivity index (χ3v) is 5.24. The molecule has 12 heteroatoms. The van der Waals surface area contributed by atoms with Gasteiger partial charge in [-0.2, -0.15) is 18.3 Å². The number of rotatable bonds is 3. The number of aryl methyl sites for hydroxylation is 1. The van der Waals surface area contributed by atoms with Crippen molar-refractivity contribution in [3.05, 3.63) is 41.2 Å². The van der Waals surface area contributed by atoms with E-state index in [0.717, 1.165) is 56.7 Å². The average molecular weight is 440 g/mol. The van der Waals surface area contributed by atoms with Gasteiger partial charge in [0.1, 0.15) is 5.82 Å². The highest BCUT2D eigenvalue weighted by Crippen LogP contribution is 2.22. The summed E-state index contributed by atoms with van der Waals surface area (Å²) in [6, 6.07) is 0.134. The van der Waals surface area contributed by atoms with Crippen molar-refractivity contribution in [3.8, 4) is 0 Å². The molecule has 0 radical (unpaired) electrons. The van der Waals surface area contributed by atoms with Crippen LogP contribution in [0, 0.1) is 0 Å². The van der Waals surface area contributed by atoms with Crippen LogP contribution in [0.3, 0.4) is 0 Å². The van der Waals surface area contributed by atoms with Crippen LogP contribution in [-0.4, -0.2) is 62.5 Å². The van der Waals surface area contributed by atoms with Gasteiger partial charge in [-0.05, 0) is 44.3 Å². The van der Waals surface area contributed by atoms with Gasteiger partial charge in [0.15, 0.2) is 0 Å². The van der Waals surface area contributed by atoms with Crippen LogP contribution in [0.1, 0.15) is 52.6 Å². The molecule has 1 fully saturated rings. The Kier molecular flexibility index (Phi) is 7.21. The number of halogens is 3. The SMILES string of the molecule is O=C(NC1CCc2cn[nH]c2C1)c1cnc(C2CCNCC2)nc1.O=C(O)C(F)(F)F. The molecule has 0 aromatic carbocycles. The van der Waals surface area contributed by atoms with Crippen molar-refractivity contribution in [2.24, 2.45) is 0 Å². The molecule has 1 unspecified atom stereocenters. The van der Waals surface area contributed by atoms with Gasteiger partial charge in [-0.15, -0.1) is 0 Å². The predicted octanol–water partition coefficient (Wildman–Crippen LogP) is 1.59. The van der Waals surface area contributed by atoms with Gasteiger partial charge in [0, 0.05) is 36.5 Å². The average Bonchev–Trinajstić information content (AvgIpc) is 3.22. The number of hydrogen-bond acceptors (Lipinski definition) is 6. The molecule has 2 aromatic heterocycles. The number of carbonyl (C=O) groups is 2. The molecule has 1 atom stereocenters. The van der Waals surface area contributed by atoms with E-state index < -0.39 is 12.1 Å². The molecule has 0 spiro atoms. The minimum Gasteiger partial charge on any atom is -0.475 e. The molecule has 4 N–H and O–H groups in total. The Morgan fingerprint density at radius 1 is 1.10 bits per heavy atom. The van der Waals surface area contributed by atoms with Crippen LogP contribution in [0.4, 0.5) is 13.2 Å². The summed E-state index contributed by atoms with van der Waals surface area (Å²) in [5, 5.41) is 20.6. The number of alkyl halides is 3. The summed E-state index contributed by atoms with van der Waals surface area (Å²) in [5.74, 6) is -1.60. The van der Waals surface area contributed by atoms with Gasteiger partial charge in [0.25, 0.3) is 5.91 Å². The highest BCUT2D eigenvalue weighted by atomic mass is 19.4. The molecule has 4 rings (SSSR count). The lowest BCUT2D eigenvalue weighted by molar-refractivity contribution is -0.192. The summed E-state index contributed by atoms with van der Waals surface area (Å²) in [7, 11) is 0. The molecule has 0 saturated carbocycles. The van der Waals surface area contributed by atoms with Crippen LogP contribution in [0.5, 0.6) is 0 Å². The number of hydrogen-bond donors (Lipinski definition) is 4. The van der Waals surface area contributed by atoms with E-state index >= 15 is 0 Å². The van der Waals surface area contributed by atoms with Crippen molar-refractivity contribution in [2.45, 2.75) is 50.2 Å². The molecule has 3 heterocycles. The van der Waals surface area contributed by atoms with Crippen molar-refractivity contribution in [1.29, 1.82) is 0 Å². The molecule has 1 aliphatic heterocycles. The van der Waals surface area contributed by atoms with E-state index in [9.17, 15) is 18.0 Å². The van der Waals surface area contributed by atoms with Crippen LogP contribution < -0.4 is 10.6 Å². The molecular weight excluding hydrogens is 417 g/mol. The second-order valence-corrected chi connectivity index (χ2v) is 7.44. The summed E-state index contributed by atoms with van der Waals surface area (Å²) in [6.45, 7) is 2.01. The quantitative estimate of drug-likeness (QED) is 0.570. The zero-order valence-corrected chi connectivity index (χ0v) is 16.6. The third kappa shape index (κ3) is 6.23. The number of amides is 1. The molecule has 1 aliphatic carbocycles. The molecular formula is C19H23F3N6O3. The van der Waals surface area contributed by atoms with Crippen molar-refractivity contribution < 1.29 is 27.9 Å². The monoisotopic (exact) mass is 440 g/mol. The molecule has 2 aliphatic rings. The van der Waals surface area contributed by atoms with Crippen LogP contribution in [0.15, 0.2) is 18.6 Å². The highest BCUT2D eigenvalue weighted by Gasteiger charge is 2.38. The summed E-state index contributed by atoms with van der Waals surface area (Å²) in [5.41, 5.74) is 2.92. The second-order valence-electron chi connectivity index (χ2n) is 7.44. The van der Waals surface area contributed by atoms with Crippen LogP contribution in [0.2, 0.25) is 0 Å². The number of fused-ring (bicyclic) bond motifs is 1. The van der Waals surface area contributed by atoms with Gasteiger partial charge >= 0.3 is 12.1 Å². The van der Waals surface area contributed by atoms with E-state index in [2.05, 4.69) is 30.8 Å². The largest absolute Gasteiger partial charge is 0.490 e. The fourth-order valence-electron chi connectivity index (χ4n) is 3.55. The fourth-order valence-corrected chi connectivity index (χ4v) is 3.55. The molecule has 1 amide bonds. The van der Waals surface area contributed by atoms with Gasteiger partial charge < -0.3 is 15.7 Å². The number of carboxylic acid groups (broad SMARTS) is 1. The number of nitrogens with one attached hydrogen (secondary N) is 3. The Hall–Kier alpha value is -3.02. The van der Waals surface area contributed by atoms with Crippen LogP contribution >= 0.6 is 0 Å². The van der Waals surface area contributed by atoms with E-state index in [0.29, 0.717) is 11.5 Å². The smallest absolute Gasteiger partial charge is 0.475 e. The number of piperidine rings is 1. The van der Waals surface area contributed by atoms with E-state index in [1.165, 1.54) is 5.56 Å². The van der Waals surface area contributed by atoms with Crippen molar-refractivity contribution >= 4 is 11.9 Å². The van der Waals surface area contributed by atoms with E-state index in [1.807, 2.05) is 6.20 Å². The Bertz CT molecular complexity index is 894. The maximum absolute atomic E-state index is 12.4. The number of aromatic nitrogens is 4. The normalized spacial score (nSPS) is 19.0. The molecule has 9 nitrogen and oxygen atoms in total. The standard InChI is InChI=1S/C17H22N6O.C2HF3O2/c24-17(22-14-2-1-12-10-21-23-15(12)7-14)13-8-19-16(20-9-13)11-3-5-18-6-4-11;3-2(4,5)1(6)7/h8-11,14,18H,1-7H2,(H,21,23)(H,22,24);(H,6,7).